The second-order valence-corrected chi connectivity index (χ2v) is 10.9. The number of anilines is 2. The van der Waals surface area contributed by atoms with E-state index in [4.69, 9.17) is 10.5 Å². The van der Waals surface area contributed by atoms with Gasteiger partial charge in [0, 0.05) is 10.4 Å². The number of nitrogens with two attached hydrogens (primary N) is 1. The van der Waals surface area contributed by atoms with E-state index in [0.717, 1.165) is 29.7 Å². The number of carbonyl (C=O) groups excluding carboxylic acids is 2. The predicted molar refractivity (Wildman–Crippen MR) is 137 cm³/mol. The van der Waals surface area contributed by atoms with E-state index in [1.807, 2.05) is 0 Å². The van der Waals surface area contributed by atoms with Crippen LogP contribution in [0.2, 0.25) is 0 Å². The zero-order valence-corrected chi connectivity index (χ0v) is 20.7. The number of fused-ring (bicyclic) bond motifs is 1. The molecule has 1 aromatic heterocycles. The largest absolute Gasteiger partial charge is 0.495 e. The van der Waals surface area contributed by atoms with Crippen molar-refractivity contribution < 1.29 is 22.7 Å². The number of sulfonamides is 1. The number of ether oxygens (including phenoxy) is 1. The minimum atomic E-state index is -4.07. The molecule has 0 spiro atoms. The van der Waals surface area contributed by atoms with Crippen LogP contribution in [0.5, 0.6) is 5.75 Å². The van der Waals surface area contributed by atoms with Gasteiger partial charge in [-0.05, 0) is 55.2 Å². The molecular formula is C25H25N3O5S2. The quantitative estimate of drug-likeness (QED) is 0.421. The van der Waals surface area contributed by atoms with Crippen molar-refractivity contribution in [3.63, 3.8) is 0 Å². The third-order valence-electron chi connectivity index (χ3n) is 5.73. The number of rotatable bonds is 9. The number of hydrogen-bond acceptors (Lipinski definition) is 6. The van der Waals surface area contributed by atoms with E-state index in [1.165, 1.54) is 53.1 Å². The molecule has 8 nitrogen and oxygen atoms in total. The second kappa shape index (κ2) is 9.93. The molecule has 3 N–H and O–H groups in total. The number of aryl methyl sites for hydroxylation is 1. The van der Waals surface area contributed by atoms with Gasteiger partial charge in [-0.1, -0.05) is 24.3 Å². The molecule has 0 fully saturated rings. The van der Waals surface area contributed by atoms with Crippen LogP contribution in [0.15, 0.2) is 66.1 Å². The summed E-state index contributed by atoms with van der Waals surface area (Å²) in [5.74, 6) is -0.735. The first-order valence-electron chi connectivity index (χ1n) is 10.9. The number of hydrogen-bond donors (Lipinski definition) is 2. The average Bonchev–Trinajstić information content (AvgIpc) is 3.43. The molecule has 0 atom stereocenters. The molecule has 4 rings (SSSR count). The average molecular weight is 512 g/mol. The lowest BCUT2D eigenvalue weighted by Gasteiger charge is -2.25. The molecule has 182 valence electrons. The minimum absolute atomic E-state index is 0.00184. The van der Waals surface area contributed by atoms with Crippen molar-refractivity contribution in [2.75, 3.05) is 23.3 Å². The predicted octanol–water partition coefficient (Wildman–Crippen LogP) is 3.98. The molecule has 1 heterocycles. The molecule has 0 bridgehead atoms. The number of nitrogens with one attached hydrogen (secondary N) is 1. The van der Waals surface area contributed by atoms with Gasteiger partial charge in [-0.3, -0.25) is 13.9 Å². The van der Waals surface area contributed by atoms with Gasteiger partial charge in [-0.15, -0.1) is 17.9 Å². The normalized spacial score (nSPS) is 12.6. The Balaban J connectivity index is 1.67. The molecule has 10 heteroatoms. The molecular weight excluding hydrogens is 486 g/mol. The summed E-state index contributed by atoms with van der Waals surface area (Å²) in [7, 11) is -2.60. The molecule has 0 aliphatic heterocycles. The van der Waals surface area contributed by atoms with Crippen LogP contribution in [0, 0.1) is 0 Å². The van der Waals surface area contributed by atoms with E-state index in [-0.39, 0.29) is 17.0 Å². The Labute approximate surface area is 208 Å². The van der Waals surface area contributed by atoms with Gasteiger partial charge in [-0.25, -0.2) is 8.42 Å². The highest BCUT2D eigenvalue weighted by Crippen LogP contribution is 2.39. The maximum atomic E-state index is 13.6. The van der Waals surface area contributed by atoms with Crippen LogP contribution in [0.1, 0.15) is 37.6 Å². The SMILES string of the molecule is C=CCN(c1ccccc1OC)S(=O)(=O)c1cccc(C(=O)Nc2sc3c(c2C(N)=O)CCC3)c1. The molecule has 2 amide bonds. The summed E-state index contributed by atoms with van der Waals surface area (Å²) in [5, 5.41) is 3.15. The van der Waals surface area contributed by atoms with Crippen molar-refractivity contribution >= 4 is 43.9 Å². The van der Waals surface area contributed by atoms with Gasteiger partial charge in [-0.2, -0.15) is 0 Å². The summed E-state index contributed by atoms with van der Waals surface area (Å²) in [6.45, 7) is 3.68. The Hall–Kier alpha value is -3.63. The van der Waals surface area contributed by atoms with Crippen LogP contribution in [-0.2, 0) is 22.9 Å². The Morgan fingerprint density at radius 1 is 1.20 bits per heavy atom. The number of thiophene rings is 1. The van der Waals surface area contributed by atoms with Gasteiger partial charge >= 0.3 is 0 Å². The van der Waals surface area contributed by atoms with Crippen LogP contribution < -0.4 is 20.1 Å². The molecule has 1 aliphatic rings. The van der Waals surface area contributed by atoms with Crippen molar-refractivity contribution in [3.8, 4) is 5.75 Å². The van der Waals surface area contributed by atoms with Crippen molar-refractivity contribution in [1.29, 1.82) is 0 Å². The lowest BCUT2D eigenvalue weighted by atomic mass is 10.1. The molecule has 0 saturated heterocycles. The lowest BCUT2D eigenvalue weighted by molar-refractivity contribution is 0.100. The van der Waals surface area contributed by atoms with Crippen LogP contribution >= 0.6 is 11.3 Å². The number of methoxy groups -OCH3 is 1. The fourth-order valence-electron chi connectivity index (χ4n) is 4.13. The van der Waals surface area contributed by atoms with Crippen LogP contribution in [0.4, 0.5) is 10.7 Å². The van der Waals surface area contributed by atoms with E-state index >= 15 is 0 Å². The van der Waals surface area contributed by atoms with Crippen molar-refractivity contribution in [1.82, 2.24) is 0 Å². The van der Waals surface area contributed by atoms with Crippen LogP contribution in [0.25, 0.3) is 0 Å². The Morgan fingerprint density at radius 2 is 1.97 bits per heavy atom. The standard InChI is InChI=1S/C25H25N3O5S2/c1-3-14-28(19-11-4-5-12-20(19)33-2)35(31,32)17-9-6-8-16(15-17)24(30)27-25-22(23(26)29)18-10-7-13-21(18)34-25/h3-6,8-9,11-12,15H,1,7,10,13-14H2,2H3,(H2,26,29)(H,27,30). The highest BCUT2D eigenvalue weighted by atomic mass is 32.2. The highest BCUT2D eigenvalue weighted by molar-refractivity contribution is 7.92. The maximum Gasteiger partial charge on any atom is 0.264 e. The third-order valence-corrected chi connectivity index (χ3v) is 8.71. The molecule has 3 aromatic rings. The van der Waals surface area contributed by atoms with Gasteiger partial charge in [0.1, 0.15) is 10.8 Å². The summed E-state index contributed by atoms with van der Waals surface area (Å²) in [6, 6.07) is 12.5. The number of carbonyl (C=O) groups is 2. The van der Waals surface area contributed by atoms with E-state index in [1.54, 1.807) is 24.3 Å². The fraction of sp³-hybridized carbons (Fsp3) is 0.200. The zero-order valence-electron chi connectivity index (χ0n) is 19.1. The smallest absolute Gasteiger partial charge is 0.264 e. The Morgan fingerprint density at radius 3 is 2.69 bits per heavy atom. The summed E-state index contributed by atoms with van der Waals surface area (Å²) in [6.07, 6.45) is 4.01. The van der Waals surface area contributed by atoms with E-state index < -0.39 is 21.8 Å². The number of primary amides is 1. The Bertz CT molecular complexity index is 1410. The van der Waals surface area contributed by atoms with Gasteiger partial charge < -0.3 is 15.8 Å². The van der Waals surface area contributed by atoms with Crippen molar-refractivity contribution in [2.24, 2.45) is 5.73 Å². The van der Waals surface area contributed by atoms with Gasteiger partial charge in [0.2, 0.25) is 0 Å². The maximum absolute atomic E-state index is 13.6. The summed E-state index contributed by atoms with van der Waals surface area (Å²) < 4.78 is 33.7. The van der Waals surface area contributed by atoms with E-state index in [9.17, 15) is 18.0 Å². The monoisotopic (exact) mass is 511 g/mol. The molecule has 2 aromatic carbocycles. The zero-order chi connectivity index (χ0) is 25.2. The van der Waals surface area contributed by atoms with Gasteiger partial charge in [0.05, 0.1) is 29.8 Å². The van der Waals surface area contributed by atoms with Crippen molar-refractivity contribution in [2.45, 2.75) is 24.2 Å². The van der Waals surface area contributed by atoms with E-state index in [0.29, 0.717) is 22.0 Å². The number of amides is 2. The first kappa shape index (κ1) is 24.5. The van der Waals surface area contributed by atoms with Crippen LogP contribution in [-0.4, -0.2) is 33.9 Å². The first-order chi connectivity index (χ1) is 16.8. The van der Waals surface area contributed by atoms with Gasteiger partial charge in [0.15, 0.2) is 0 Å². The summed E-state index contributed by atoms with van der Waals surface area (Å²) in [4.78, 5) is 26.1. The highest BCUT2D eigenvalue weighted by Gasteiger charge is 2.29. The Kier molecular flexibility index (Phi) is 6.95. The number of benzene rings is 2. The molecule has 35 heavy (non-hydrogen) atoms. The summed E-state index contributed by atoms with van der Waals surface area (Å²) >= 11 is 1.34. The molecule has 1 aliphatic carbocycles. The lowest BCUT2D eigenvalue weighted by Crippen LogP contribution is -2.31. The molecule has 0 saturated carbocycles. The molecule has 0 unspecified atom stereocenters. The molecule has 0 radical (unpaired) electrons. The van der Waals surface area contributed by atoms with Crippen molar-refractivity contribution in [3.05, 3.63) is 82.8 Å². The van der Waals surface area contributed by atoms with Gasteiger partial charge in [0.25, 0.3) is 21.8 Å². The summed E-state index contributed by atoms with van der Waals surface area (Å²) in [5.41, 5.74) is 7.30. The van der Waals surface area contributed by atoms with Crippen LogP contribution in [0.3, 0.4) is 0 Å². The number of nitrogens with zero attached hydrogens (tertiary/aromatic N) is 1. The number of para-hydroxylation sites is 2. The van der Waals surface area contributed by atoms with E-state index in [2.05, 4.69) is 11.9 Å². The fourth-order valence-corrected chi connectivity index (χ4v) is 6.91. The topological polar surface area (TPSA) is 119 Å². The first-order valence-corrected chi connectivity index (χ1v) is 13.2. The minimum Gasteiger partial charge on any atom is -0.495 e. The third kappa shape index (κ3) is 4.67. The second-order valence-electron chi connectivity index (χ2n) is 7.90.